The molecule has 3 N–H and O–H groups in total. The van der Waals surface area contributed by atoms with Gasteiger partial charge in [0.15, 0.2) is 5.96 Å². The number of rotatable bonds is 10. The molecule has 0 radical (unpaired) electrons. The van der Waals surface area contributed by atoms with Crippen molar-refractivity contribution in [3.05, 3.63) is 29.8 Å². The van der Waals surface area contributed by atoms with E-state index in [0.717, 1.165) is 13.0 Å². The van der Waals surface area contributed by atoms with Crippen molar-refractivity contribution >= 4 is 40.0 Å². The highest BCUT2D eigenvalue weighted by Crippen LogP contribution is 2.17. The maximum Gasteiger partial charge on any atom is 0.241 e. The zero-order chi connectivity index (χ0) is 21.2. The Balaban J connectivity index is 0.00000784. The van der Waals surface area contributed by atoms with Crippen LogP contribution in [0.5, 0.6) is 0 Å². The third-order valence-electron chi connectivity index (χ3n) is 3.75. The lowest BCUT2D eigenvalue weighted by molar-refractivity contribution is 0.128. The van der Waals surface area contributed by atoms with E-state index in [4.69, 9.17) is 4.74 Å². The maximum absolute atomic E-state index is 12.7. The molecule has 168 valence electrons. The third kappa shape index (κ3) is 11.8. The average molecular weight is 541 g/mol. The fourth-order valence-corrected chi connectivity index (χ4v) is 4.09. The second-order valence-corrected chi connectivity index (χ2v) is 9.76. The Morgan fingerprint density at radius 2 is 1.79 bits per heavy atom. The number of guanidine groups is 1. The third-order valence-corrected chi connectivity index (χ3v) is 5.61. The normalized spacial score (nSPS) is 12.6. The predicted octanol–water partition coefficient (Wildman–Crippen LogP) is 3.11. The van der Waals surface area contributed by atoms with Crippen LogP contribution in [-0.2, 0) is 21.3 Å². The standard InChI is InChI=1S/C20H36N4O3S.HI/c1-16(2)11-13-27-14-12-22-19(21-6)23-15-17-9-7-8-10-18(17)28(25,26)24-20(3,4)5;/h7-10,16,24H,11-15H2,1-6H3,(H2,21,22,23);1H. The number of nitrogens with zero attached hydrogens (tertiary/aromatic N) is 1. The first-order chi connectivity index (χ1) is 13.0. The molecule has 0 spiro atoms. The molecule has 1 aromatic rings. The van der Waals surface area contributed by atoms with Gasteiger partial charge in [-0.15, -0.1) is 24.0 Å². The second kappa shape index (κ2) is 13.4. The number of aliphatic imine (C=N–C) groups is 1. The topological polar surface area (TPSA) is 91.8 Å². The van der Waals surface area contributed by atoms with E-state index < -0.39 is 15.6 Å². The van der Waals surface area contributed by atoms with E-state index in [2.05, 4.69) is 34.2 Å². The first-order valence-electron chi connectivity index (χ1n) is 9.69. The van der Waals surface area contributed by atoms with Gasteiger partial charge in [-0.05, 0) is 44.7 Å². The molecule has 1 rings (SSSR count). The van der Waals surface area contributed by atoms with E-state index in [9.17, 15) is 8.42 Å². The monoisotopic (exact) mass is 540 g/mol. The number of nitrogens with one attached hydrogen (secondary N) is 3. The zero-order valence-electron chi connectivity index (χ0n) is 18.4. The number of benzene rings is 1. The van der Waals surface area contributed by atoms with Gasteiger partial charge in [-0.25, -0.2) is 13.1 Å². The van der Waals surface area contributed by atoms with E-state index in [-0.39, 0.29) is 28.9 Å². The summed E-state index contributed by atoms with van der Waals surface area (Å²) in [6, 6.07) is 6.96. The summed E-state index contributed by atoms with van der Waals surface area (Å²) in [6.07, 6.45) is 1.04. The summed E-state index contributed by atoms with van der Waals surface area (Å²) in [5.74, 6) is 1.23. The summed E-state index contributed by atoms with van der Waals surface area (Å²) in [7, 11) is -1.93. The van der Waals surface area contributed by atoms with Crippen LogP contribution in [0, 0.1) is 5.92 Å². The highest BCUT2D eigenvalue weighted by Gasteiger charge is 2.24. The van der Waals surface area contributed by atoms with Gasteiger partial charge in [-0.1, -0.05) is 32.0 Å². The largest absolute Gasteiger partial charge is 0.380 e. The summed E-state index contributed by atoms with van der Waals surface area (Å²) in [5.41, 5.74) is 0.127. The Morgan fingerprint density at radius 3 is 2.38 bits per heavy atom. The molecule has 7 nitrogen and oxygen atoms in total. The minimum atomic E-state index is -3.61. The molecule has 29 heavy (non-hydrogen) atoms. The molecule has 0 aliphatic heterocycles. The first kappa shape index (κ1) is 28.1. The molecule has 0 aromatic heterocycles. The van der Waals surface area contributed by atoms with Crippen molar-refractivity contribution < 1.29 is 13.2 Å². The van der Waals surface area contributed by atoms with E-state index in [1.165, 1.54) is 0 Å². The molecule has 0 saturated heterocycles. The number of halogens is 1. The van der Waals surface area contributed by atoms with Crippen LogP contribution in [0.25, 0.3) is 0 Å². The highest BCUT2D eigenvalue weighted by atomic mass is 127. The summed E-state index contributed by atoms with van der Waals surface area (Å²) >= 11 is 0. The molecular formula is C20H37IN4O3S. The van der Waals surface area contributed by atoms with Crippen LogP contribution in [-0.4, -0.2) is 46.7 Å². The molecule has 9 heteroatoms. The smallest absolute Gasteiger partial charge is 0.241 e. The first-order valence-corrected chi connectivity index (χ1v) is 11.2. The van der Waals surface area contributed by atoms with E-state index in [1.54, 1.807) is 25.2 Å². The fourth-order valence-electron chi connectivity index (χ4n) is 2.43. The minimum absolute atomic E-state index is 0. The molecule has 0 saturated carbocycles. The molecule has 0 unspecified atom stereocenters. The fraction of sp³-hybridized carbons (Fsp3) is 0.650. The molecule has 0 bridgehead atoms. The Kier molecular flexibility index (Phi) is 13.0. The Bertz CT molecular complexity index is 731. The van der Waals surface area contributed by atoms with Crippen LogP contribution in [0.3, 0.4) is 0 Å². The van der Waals surface area contributed by atoms with Crippen molar-refractivity contribution in [3.63, 3.8) is 0 Å². The second-order valence-electron chi connectivity index (χ2n) is 8.11. The van der Waals surface area contributed by atoms with E-state index in [0.29, 0.717) is 37.1 Å². The number of hydrogen-bond acceptors (Lipinski definition) is 4. The number of sulfonamides is 1. The summed E-state index contributed by atoms with van der Waals surface area (Å²) in [5, 5.41) is 6.33. The molecule has 0 aliphatic rings. The van der Waals surface area contributed by atoms with Gasteiger partial charge in [-0.3, -0.25) is 4.99 Å². The number of hydrogen-bond donors (Lipinski definition) is 3. The van der Waals surface area contributed by atoms with Gasteiger partial charge in [0.25, 0.3) is 0 Å². The van der Waals surface area contributed by atoms with Crippen molar-refractivity contribution in [2.45, 2.75) is 58.0 Å². The quantitative estimate of drug-likeness (QED) is 0.184. The van der Waals surface area contributed by atoms with Gasteiger partial charge < -0.3 is 15.4 Å². The van der Waals surface area contributed by atoms with Crippen molar-refractivity contribution in [2.24, 2.45) is 10.9 Å². The van der Waals surface area contributed by atoms with Crippen molar-refractivity contribution in [1.29, 1.82) is 0 Å². The SMILES string of the molecule is CN=C(NCCOCCC(C)C)NCc1ccccc1S(=O)(=O)NC(C)(C)C.I. The van der Waals surface area contributed by atoms with Gasteiger partial charge >= 0.3 is 0 Å². The van der Waals surface area contributed by atoms with Crippen molar-refractivity contribution in [3.8, 4) is 0 Å². The van der Waals surface area contributed by atoms with Gasteiger partial charge in [0.1, 0.15) is 0 Å². The van der Waals surface area contributed by atoms with E-state index >= 15 is 0 Å². The van der Waals surface area contributed by atoms with Gasteiger partial charge in [0.05, 0.1) is 11.5 Å². The van der Waals surface area contributed by atoms with Crippen LogP contribution in [0.1, 0.15) is 46.6 Å². The molecule has 0 fully saturated rings. The lowest BCUT2D eigenvalue weighted by Crippen LogP contribution is -2.41. The maximum atomic E-state index is 12.7. The van der Waals surface area contributed by atoms with Crippen molar-refractivity contribution in [2.75, 3.05) is 26.8 Å². The van der Waals surface area contributed by atoms with Gasteiger partial charge in [0.2, 0.25) is 10.0 Å². The Hall–Kier alpha value is -0.910. The summed E-state index contributed by atoms with van der Waals surface area (Å²) in [4.78, 5) is 4.44. The molecule has 0 heterocycles. The van der Waals surface area contributed by atoms with Crippen LogP contribution < -0.4 is 15.4 Å². The lowest BCUT2D eigenvalue weighted by Gasteiger charge is -2.22. The Morgan fingerprint density at radius 1 is 1.14 bits per heavy atom. The van der Waals surface area contributed by atoms with E-state index in [1.807, 2.05) is 26.8 Å². The number of ether oxygens (including phenoxy) is 1. The molecule has 0 aliphatic carbocycles. The predicted molar refractivity (Wildman–Crippen MR) is 130 cm³/mol. The van der Waals surface area contributed by atoms with Crippen LogP contribution >= 0.6 is 24.0 Å². The molecule has 1 aromatic carbocycles. The van der Waals surface area contributed by atoms with Gasteiger partial charge in [0, 0.05) is 32.3 Å². The summed E-state index contributed by atoms with van der Waals surface area (Å²) < 4.78 is 33.7. The minimum Gasteiger partial charge on any atom is -0.380 e. The van der Waals surface area contributed by atoms with Crippen LogP contribution in [0.15, 0.2) is 34.2 Å². The summed E-state index contributed by atoms with van der Waals surface area (Å²) in [6.45, 7) is 12.1. The Labute approximate surface area is 193 Å². The molecule has 0 amide bonds. The molecule has 0 atom stereocenters. The zero-order valence-corrected chi connectivity index (χ0v) is 21.6. The van der Waals surface area contributed by atoms with Gasteiger partial charge in [-0.2, -0.15) is 0 Å². The average Bonchev–Trinajstić information content (AvgIpc) is 2.58. The molecular weight excluding hydrogens is 503 g/mol. The highest BCUT2D eigenvalue weighted by molar-refractivity contribution is 14.0. The van der Waals surface area contributed by atoms with Crippen molar-refractivity contribution in [1.82, 2.24) is 15.4 Å². The lowest BCUT2D eigenvalue weighted by atomic mass is 10.1. The van der Waals surface area contributed by atoms with Crippen LogP contribution in [0.4, 0.5) is 0 Å². The van der Waals surface area contributed by atoms with Crippen LogP contribution in [0.2, 0.25) is 0 Å².